The second-order valence-corrected chi connectivity index (χ2v) is 7.67. The Morgan fingerprint density at radius 2 is 1.67 bits per heavy atom. The van der Waals surface area contributed by atoms with E-state index in [9.17, 15) is 13.2 Å². The number of aromatic nitrogens is 3. The molecule has 0 radical (unpaired) electrons. The van der Waals surface area contributed by atoms with Crippen LogP contribution in [0.2, 0.25) is 0 Å². The highest BCUT2D eigenvalue weighted by Crippen LogP contribution is 2.32. The fraction of sp³-hybridized carbons (Fsp3) is 0.231. The largest absolute Gasteiger partial charge is 0.497 e. The van der Waals surface area contributed by atoms with Crippen LogP contribution < -0.4 is 4.74 Å². The van der Waals surface area contributed by atoms with Crippen LogP contribution in [0.1, 0.15) is 29.4 Å². The zero-order valence-corrected chi connectivity index (χ0v) is 18.4. The Morgan fingerprint density at radius 3 is 2.36 bits per heavy atom. The van der Waals surface area contributed by atoms with Gasteiger partial charge in [-0.15, -0.1) is 0 Å². The molecule has 0 unspecified atom stereocenters. The summed E-state index contributed by atoms with van der Waals surface area (Å²) in [6, 6.07) is 21.9. The summed E-state index contributed by atoms with van der Waals surface area (Å²) >= 11 is 0. The molecule has 0 N–H and O–H groups in total. The molecule has 0 atom stereocenters. The minimum absolute atomic E-state index is 0.143. The molecule has 0 aliphatic rings. The van der Waals surface area contributed by atoms with Gasteiger partial charge in [0, 0.05) is 5.56 Å². The molecule has 33 heavy (non-hydrogen) atoms. The van der Waals surface area contributed by atoms with Gasteiger partial charge in [0.1, 0.15) is 11.4 Å². The van der Waals surface area contributed by atoms with E-state index >= 15 is 0 Å². The Kier molecular flexibility index (Phi) is 6.49. The summed E-state index contributed by atoms with van der Waals surface area (Å²) in [6.07, 6.45) is -2.53. The third-order valence-corrected chi connectivity index (χ3v) is 5.50. The number of hydrogen-bond acceptors (Lipinski definition) is 3. The van der Waals surface area contributed by atoms with Crippen molar-refractivity contribution in [3.05, 3.63) is 95.3 Å². The van der Waals surface area contributed by atoms with E-state index in [2.05, 4.69) is 10.1 Å². The van der Waals surface area contributed by atoms with Crippen molar-refractivity contribution < 1.29 is 17.9 Å². The van der Waals surface area contributed by atoms with Gasteiger partial charge in [-0.2, -0.15) is 18.3 Å². The summed E-state index contributed by atoms with van der Waals surface area (Å²) in [5, 5.41) is 4.14. The fourth-order valence-electron chi connectivity index (χ4n) is 3.73. The van der Waals surface area contributed by atoms with Gasteiger partial charge in [0.15, 0.2) is 5.82 Å². The first-order valence-electron chi connectivity index (χ1n) is 10.7. The molecule has 0 amide bonds. The molecule has 2 heterocycles. The number of rotatable bonds is 7. The lowest BCUT2D eigenvalue weighted by Gasteiger charge is -2.13. The molecular weight excluding hydrogens is 427 g/mol. The van der Waals surface area contributed by atoms with Crippen molar-refractivity contribution in [2.24, 2.45) is 0 Å². The average molecular weight is 451 g/mol. The summed E-state index contributed by atoms with van der Waals surface area (Å²) in [7, 11) is 1.64. The van der Waals surface area contributed by atoms with Gasteiger partial charge < -0.3 is 4.74 Å². The van der Waals surface area contributed by atoms with Gasteiger partial charge in [-0.05, 0) is 60.7 Å². The molecule has 0 bridgehead atoms. The molecule has 170 valence electrons. The van der Waals surface area contributed by atoms with E-state index < -0.39 is 11.9 Å². The summed E-state index contributed by atoms with van der Waals surface area (Å²) in [5.74, 6) is 0.952. The number of hydrogen-bond donors (Lipinski definition) is 0. The summed E-state index contributed by atoms with van der Waals surface area (Å²) < 4.78 is 46.9. The molecule has 0 aliphatic carbocycles. The van der Waals surface area contributed by atoms with Crippen molar-refractivity contribution in [3.8, 4) is 22.8 Å². The molecule has 4 rings (SSSR count). The van der Waals surface area contributed by atoms with E-state index in [0.717, 1.165) is 40.5 Å². The van der Waals surface area contributed by atoms with Crippen LogP contribution >= 0.6 is 0 Å². The maximum absolute atomic E-state index is 13.6. The number of halogens is 3. The minimum Gasteiger partial charge on any atom is -0.497 e. The Morgan fingerprint density at radius 1 is 0.909 bits per heavy atom. The monoisotopic (exact) mass is 451 g/mol. The van der Waals surface area contributed by atoms with E-state index in [-0.39, 0.29) is 5.82 Å². The number of ether oxygens (including phenoxy) is 1. The number of methoxy groups -OCH3 is 1. The number of aryl methyl sites for hydroxylation is 3. The molecule has 4 nitrogen and oxygen atoms in total. The molecule has 7 heteroatoms. The third-order valence-electron chi connectivity index (χ3n) is 5.50. The maximum atomic E-state index is 13.6. The first-order chi connectivity index (χ1) is 15.9. The van der Waals surface area contributed by atoms with Crippen molar-refractivity contribution in [1.82, 2.24) is 14.8 Å². The van der Waals surface area contributed by atoms with Gasteiger partial charge in [-0.3, -0.25) is 0 Å². The average Bonchev–Trinajstić information content (AvgIpc) is 3.29. The fourth-order valence-corrected chi connectivity index (χ4v) is 3.73. The molecule has 0 saturated carbocycles. The Bertz CT molecular complexity index is 1230. The van der Waals surface area contributed by atoms with Crippen LogP contribution in [0.5, 0.6) is 5.75 Å². The SMILES string of the molecule is CCc1cc(C(F)(F)F)n(-c2cccc(-c3ccccc3CCc3ccc(OC)cc3)n2)n1. The van der Waals surface area contributed by atoms with Crippen LogP contribution in [0, 0.1) is 0 Å². The van der Waals surface area contributed by atoms with Crippen molar-refractivity contribution >= 4 is 0 Å². The number of nitrogens with zero attached hydrogens (tertiary/aromatic N) is 3. The Hall–Kier alpha value is -3.61. The van der Waals surface area contributed by atoms with Crippen molar-refractivity contribution in [2.75, 3.05) is 7.11 Å². The highest BCUT2D eigenvalue weighted by molar-refractivity contribution is 5.64. The number of alkyl halides is 3. The Balaban J connectivity index is 1.65. The molecular formula is C26H24F3N3O. The predicted molar refractivity (Wildman–Crippen MR) is 122 cm³/mol. The van der Waals surface area contributed by atoms with Crippen LogP contribution in [-0.4, -0.2) is 21.9 Å². The predicted octanol–water partition coefficient (Wildman–Crippen LogP) is 6.31. The molecule has 0 fully saturated rings. The molecule has 0 aliphatic heterocycles. The van der Waals surface area contributed by atoms with Gasteiger partial charge in [0.2, 0.25) is 0 Å². The number of benzene rings is 2. The van der Waals surface area contributed by atoms with E-state index in [1.165, 1.54) is 5.56 Å². The van der Waals surface area contributed by atoms with Gasteiger partial charge in [-0.25, -0.2) is 9.67 Å². The molecule has 2 aromatic carbocycles. The zero-order valence-electron chi connectivity index (χ0n) is 18.4. The topological polar surface area (TPSA) is 39.9 Å². The number of pyridine rings is 1. The lowest BCUT2D eigenvalue weighted by Crippen LogP contribution is -2.14. The van der Waals surface area contributed by atoms with Gasteiger partial charge in [0.25, 0.3) is 0 Å². The lowest BCUT2D eigenvalue weighted by atomic mass is 9.97. The van der Waals surface area contributed by atoms with Gasteiger partial charge >= 0.3 is 6.18 Å². The first-order valence-corrected chi connectivity index (χ1v) is 10.7. The quantitative estimate of drug-likeness (QED) is 0.331. The highest BCUT2D eigenvalue weighted by Gasteiger charge is 2.36. The van der Waals surface area contributed by atoms with E-state index in [0.29, 0.717) is 17.8 Å². The van der Waals surface area contributed by atoms with E-state index in [4.69, 9.17) is 4.74 Å². The highest BCUT2D eigenvalue weighted by atomic mass is 19.4. The van der Waals surface area contributed by atoms with Crippen molar-refractivity contribution in [2.45, 2.75) is 32.4 Å². The summed E-state index contributed by atoms with van der Waals surface area (Å²) in [5.41, 5.74) is 3.30. The van der Waals surface area contributed by atoms with Crippen molar-refractivity contribution in [1.29, 1.82) is 0 Å². The van der Waals surface area contributed by atoms with Gasteiger partial charge in [0.05, 0.1) is 18.5 Å². The molecule has 0 saturated heterocycles. The second-order valence-electron chi connectivity index (χ2n) is 7.67. The van der Waals surface area contributed by atoms with E-state index in [1.807, 2.05) is 54.6 Å². The zero-order chi connectivity index (χ0) is 23.4. The van der Waals surface area contributed by atoms with Crippen LogP contribution in [0.15, 0.2) is 72.8 Å². The smallest absolute Gasteiger partial charge is 0.433 e. The van der Waals surface area contributed by atoms with Crippen LogP contribution in [0.3, 0.4) is 0 Å². The second kappa shape index (κ2) is 9.48. The minimum atomic E-state index is -4.52. The van der Waals surface area contributed by atoms with Crippen LogP contribution in [0.25, 0.3) is 17.1 Å². The third kappa shape index (κ3) is 5.08. The summed E-state index contributed by atoms with van der Waals surface area (Å²) in [6.45, 7) is 1.77. The molecule has 0 spiro atoms. The standard InChI is InChI=1S/C26H24F3N3O/c1-3-20-17-24(26(27,28)29)32(31-20)25-10-6-9-23(30-25)22-8-5-4-7-19(22)14-11-18-12-15-21(33-2)16-13-18/h4-10,12-13,15-17H,3,11,14H2,1-2H3. The first kappa shape index (κ1) is 22.6. The normalized spacial score (nSPS) is 11.5. The molecule has 2 aromatic heterocycles. The summed E-state index contributed by atoms with van der Waals surface area (Å²) in [4.78, 5) is 4.56. The van der Waals surface area contributed by atoms with Crippen LogP contribution in [-0.2, 0) is 25.4 Å². The Labute approximate surface area is 190 Å². The molecule has 4 aromatic rings. The maximum Gasteiger partial charge on any atom is 0.433 e. The lowest BCUT2D eigenvalue weighted by molar-refractivity contribution is -0.142. The van der Waals surface area contributed by atoms with Crippen LogP contribution in [0.4, 0.5) is 13.2 Å². The van der Waals surface area contributed by atoms with Crippen molar-refractivity contribution in [3.63, 3.8) is 0 Å². The van der Waals surface area contributed by atoms with Gasteiger partial charge in [-0.1, -0.05) is 49.4 Å². The van der Waals surface area contributed by atoms with E-state index in [1.54, 1.807) is 26.2 Å².